The van der Waals surface area contributed by atoms with Crippen molar-refractivity contribution >= 4 is 0 Å². The van der Waals surface area contributed by atoms with Gasteiger partial charge in [0, 0.05) is 25.9 Å². The van der Waals surface area contributed by atoms with Gasteiger partial charge < -0.3 is 4.90 Å². The summed E-state index contributed by atoms with van der Waals surface area (Å²) in [5, 5.41) is 0. The van der Waals surface area contributed by atoms with Crippen LogP contribution in [-0.2, 0) is 0 Å². The zero-order chi connectivity index (χ0) is 12.1. The lowest BCUT2D eigenvalue weighted by atomic mass is 9.98. The smallest absolute Gasteiger partial charge is 0.0793 e. The molecule has 0 aromatic heterocycles. The monoisotopic (exact) mass is 208 g/mol. The predicted molar refractivity (Wildman–Crippen MR) is 67.6 cm³/mol. The normalized spacial score (nSPS) is 15.6. The van der Waals surface area contributed by atoms with E-state index in [1.54, 1.807) is 0 Å². The molecule has 0 aromatic rings. The van der Waals surface area contributed by atoms with Crippen molar-refractivity contribution in [2.75, 3.05) is 28.2 Å². The van der Waals surface area contributed by atoms with Gasteiger partial charge in [0.05, 0.1) is 5.54 Å². The second kappa shape index (κ2) is 5.82. The Bertz CT molecular complexity index is 279. The van der Waals surface area contributed by atoms with Crippen LogP contribution in [0.2, 0.25) is 0 Å². The summed E-state index contributed by atoms with van der Waals surface area (Å²) in [5.41, 5.74) is 1.16. The van der Waals surface area contributed by atoms with Gasteiger partial charge in [-0.3, -0.25) is 4.90 Å². The molecule has 0 bridgehead atoms. The van der Waals surface area contributed by atoms with E-state index in [1.807, 2.05) is 20.2 Å². The zero-order valence-electron chi connectivity index (χ0n) is 11.2. The van der Waals surface area contributed by atoms with Crippen LogP contribution in [-0.4, -0.2) is 43.5 Å². The molecule has 0 aliphatic heterocycles. The molecule has 15 heavy (non-hydrogen) atoms. The summed E-state index contributed by atoms with van der Waals surface area (Å²) in [4.78, 5) is 4.23. The maximum atomic E-state index is 3.30. The van der Waals surface area contributed by atoms with Crippen molar-refractivity contribution in [3.05, 3.63) is 11.8 Å². The summed E-state index contributed by atoms with van der Waals surface area (Å²) >= 11 is 0. The van der Waals surface area contributed by atoms with Gasteiger partial charge in [0.15, 0.2) is 0 Å². The third kappa shape index (κ3) is 4.40. The van der Waals surface area contributed by atoms with Crippen molar-refractivity contribution in [2.45, 2.75) is 32.7 Å². The third-order valence-corrected chi connectivity index (χ3v) is 3.00. The van der Waals surface area contributed by atoms with Gasteiger partial charge in [-0.15, -0.1) is 0 Å². The molecule has 0 rings (SSSR count). The van der Waals surface area contributed by atoms with E-state index in [2.05, 4.69) is 56.5 Å². The van der Waals surface area contributed by atoms with Crippen LogP contribution in [0.15, 0.2) is 11.8 Å². The molecule has 0 N–H and O–H groups in total. The van der Waals surface area contributed by atoms with Gasteiger partial charge in [0.25, 0.3) is 0 Å². The maximum Gasteiger partial charge on any atom is 0.0793 e. The number of hydrogen-bond donors (Lipinski definition) is 0. The average molecular weight is 208 g/mol. The van der Waals surface area contributed by atoms with Gasteiger partial charge in [-0.1, -0.05) is 18.8 Å². The predicted octanol–water partition coefficient (Wildman–Crippen LogP) is 2.19. The summed E-state index contributed by atoms with van der Waals surface area (Å²) in [6.45, 7) is 6.39. The molecule has 0 aromatic carbocycles. The van der Waals surface area contributed by atoms with Crippen LogP contribution in [0.4, 0.5) is 0 Å². The fourth-order valence-electron chi connectivity index (χ4n) is 0.942. The average Bonchev–Trinajstić information content (AvgIpc) is 2.16. The van der Waals surface area contributed by atoms with Crippen molar-refractivity contribution in [2.24, 2.45) is 0 Å². The highest BCUT2D eigenvalue weighted by atomic mass is 15.1. The largest absolute Gasteiger partial charge is 0.381 e. The van der Waals surface area contributed by atoms with Crippen molar-refractivity contribution in [1.29, 1.82) is 0 Å². The Balaban J connectivity index is 4.71. The molecule has 0 spiro atoms. The van der Waals surface area contributed by atoms with E-state index in [9.17, 15) is 0 Å². The molecule has 0 aliphatic carbocycles. The molecule has 1 unspecified atom stereocenters. The van der Waals surface area contributed by atoms with E-state index in [1.165, 1.54) is 5.70 Å². The second-order valence-corrected chi connectivity index (χ2v) is 4.47. The van der Waals surface area contributed by atoms with Crippen molar-refractivity contribution in [1.82, 2.24) is 9.80 Å². The minimum atomic E-state index is -0.0247. The van der Waals surface area contributed by atoms with Gasteiger partial charge in [0.2, 0.25) is 0 Å². The van der Waals surface area contributed by atoms with Gasteiger partial charge in [-0.2, -0.15) is 0 Å². The van der Waals surface area contributed by atoms with Crippen LogP contribution < -0.4 is 0 Å². The van der Waals surface area contributed by atoms with Crippen LogP contribution in [0.3, 0.4) is 0 Å². The van der Waals surface area contributed by atoms with Crippen LogP contribution >= 0.6 is 0 Å². The lowest BCUT2D eigenvalue weighted by molar-refractivity contribution is 0.234. The Hall–Kier alpha value is -0.940. The molecular weight excluding hydrogens is 184 g/mol. The van der Waals surface area contributed by atoms with Crippen molar-refractivity contribution in [3.8, 4) is 11.8 Å². The number of hydrogen-bond acceptors (Lipinski definition) is 2. The van der Waals surface area contributed by atoms with E-state index in [-0.39, 0.29) is 5.54 Å². The molecule has 2 nitrogen and oxygen atoms in total. The molecule has 2 heteroatoms. The Kier molecular flexibility index (Phi) is 5.46. The van der Waals surface area contributed by atoms with Crippen molar-refractivity contribution in [3.63, 3.8) is 0 Å². The first-order valence-corrected chi connectivity index (χ1v) is 5.37. The minimum Gasteiger partial charge on any atom is -0.381 e. The maximum absolute atomic E-state index is 3.30. The Morgan fingerprint density at radius 2 is 1.80 bits per heavy atom. The van der Waals surface area contributed by atoms with Crippen LogP contribution in [0.5, 0.6) is 0 Å². The fourth-order valence-corrected chi connectivity index (χ4v) is 0.942. The number of nitrogens with zero attached hydrogens (tertiary/aromatic N) is 2. The van der Waals surface area contributed by atoms with E-state index >= 15 is 0 Å². The number of allylic oxidation sites excluding steroid dienone is 2. The lowest BCUT2D eigenvalue weighted by Crippen LogP contribution is -2.39. The highest BCUT2D eigenvalue weighted by Crippen LogP contribution is 2.14. The Morgan fingerprint density at radius 3 is 2.13 bits per heavy atom. The SMILES string of the molecule is CCC(C)(C#C/C=C(\C)N(C)C)N(C)C. The van der Waals surface area contributed by atoms with Crippen LogP contribution in [0.1, 0.15) is 27.2 Å². The Morgan fingerprint density at radius 1 is 1.27 bits per heavy atom. The van der Waals surface area contributed by atoms with Gasteiger partial charge in [-0.05, 0) is 34.4 Å². The van der Waals surface area contributed by atoms with Crippen LogP contribution in [0.25, 0.3) is 0 Å². The van der Waals surface area contributed by atoms with Crippen LogP contribution in [0, 0.1) is 11.8 Å². The second-order valence-electron chi connectivity index (χ2n) is 4.47. The van der Waals surface area contributed by atoms with E-state index in [4.69, 9.17) is 0 Å². The molecule has 0 saturated carbocycles. The van der Waals surface area contributed by atoms with E-state index in [0.717, 1.165) is 6.42 Å². The molecule has 86 valence electrons. The fraction of sp³-hybridized carbons (Fsp3) is 0.692. The number of rotatable bonds is 3. The topological polar surface area (TPSA) is 6.48 Å². The molecule has 0 heterocycles. The molecule has 1 atom stereocenters. The van der Waals surface area contributed by atoms with Gasteiger partial charge in [-0.25, -0.2) is 0 Å². The first-order chi connectivity index (χ1) is 6.83. The van der Waals surface area contributed by atoms with E-state index < -0.39 is 0 Å². The highest BCUT2D eigenvalue weighted by Gasteiger charge is 2.20. The molecule has 0 saturated heterocycles. The lowest BCUT2D eigenvalue weighted by Gasteiger charge is -2.29. The summed E-state index contributed by atoms with van der Waals surface area (Å²) in [7, 11) is 8.19. The highest BCUT2D eigenvalue weighted by molar-refractivity contribution is 5.25. The molecule has 0 fully saturated rings. The summed E-state index contributed by atoms with van der Waals surface area (Å²) in [5.74, 6) is 6.45. The van der Waals surface area contributed by atoms with Gasteiger partial charge in [0.1, 0.15) is 0 Å². The summed E-state index contributed by atoms with van der Waals surface area (Å²) < 4.78 is 0. The summed E-state index contributed by atoms with van der Waals surface area (Å²) in [6, 6.07) is 0. The summed E-state index contributed by atoms with van der Waals surface area (Å²) in [6.07, 6.45) is 3.00. The molecule has 0 amide bonds. The van der Waals surface area contributed by atoms with Gasteiger partial charge >= 0.3 is 0 Å². The standard InChI is InChI=1S/C13H24N2/c1-8-13(3,15(6)7)11-9-10-12(2)14(4)5/h10H,8H2,1-7H3/b12-10+. The minimum absolute atomic E-state index is 0.0247. The molecule has 0 aliphatic rings. The molecular formula is C13H24N2. The zero-order valence-corrected chi connectivity index (χ0v) is 11.2. The quantitative estimate of drug-likeness (QED) is 0.656. The first kappa shape index (κ1) is 14.1. The van der Waals surface area contributed by atoms with Crippen molar-refractivity contribution < 1.29 is 0 Å². The van der Waals surface area contributed by atoms with E-state index in [0.29, 0.717) is 0 Å². The third-order valence-electron chi connectivity index (χ3n) is 3.00. The Labute approximate surface area is 94.9 Å². The first-order valence-electron chi connectivity index (χ1n) is 5.37. The molecule has 0 radical (unpaired) electrons.